The number of carbonyl (C=O) groups excluding carboxylic acids is 1. The Morgan fingerprint density at radius 2 is 1.80 bits per heavy atom. The summed E-state index contributed by atoms with van der Waals surface area (Å²) in [5.74, 6) is 0.271. The van der Waals surface area contributed by atoms with Gasteiger partial charge in [0.2, 0.25) is 0 Å². The predicted octanol–water partition coefficient (Wildman–Crippen LogP) is 4.40. The molecule has 0 radical (unpaired) electrons. The molecule has 5 nitrogen and oxygen atoms in total. The van der Waals surface area contributed by atoms with E-state index in [0.29, 0.717) is 35.3 Å². The topological polar surface area (TPSA) is 59.6 Å². The molecule has 0 saturated carbocycles. The summed E-state index contributed by atoms with van der Waals surface area (Å²) in [6, 6.07) is 13.2. The average Bonchev–Trinajstić information content (AvgIpc) is 2.71. The molecule has 30 heavy (non-hydrogen) atoms. The van der Waals surface area contributed by atoms with Crippen molar-refractivity contribution in [1.29, 1.82) is 0 Å². The largest absolute Gasteiger partial charge is 0.489 e. The van der Waals surface area contributed by atoms with Crippen LogP contribution in [0.5, 0.6) is 5.75 Å². The first-order valence-corrected chi connectivity index (χ1v) is 10.2. The van der Waals surface area contributed by atoms with Gasteiger partial charge >= 0.3 is 5.97 Å². The molecular formula is C23H25FN2O3S. The molecule has 0 fully saturated rings. The summed E-state index contributed by atoms with van der Waals surface area (Å²) in [5.41, 5.74) is 2.92. The highest BCUT2D eigenvalue weighted by atomic mass is 32.1. The smallest absolute Gasteiger partial charge is 0.338 e. The molecule has 0 spiro atoms. The Balaban J connectivity index is 1.73. The summed E-state index contributed by atoms with van der Waals surface area (Å²) >= 11 is 5.28. The van der Waals surface area contributed by atoms with Crippen LogP contribution < -0.4 is 15.4 Å². The molecule has 2 aromatic rings. The van der Waals surface area contributed by atoms with Crippen molar-refractivity contribution in [1.82, 2.24) is 10.6 Å². The number of rotatable bonds is 7. The van der Waals surface area contributed by atoms with E-state index in [-0.39, 0.29) is 17.7 Å². The zero-order valence-corrected chi connectivity index (χ0v) is 18.0. The van der Waals surface area contributed by atoms with Crippen LogP contribution in [0.2, 0.25) is 0 Å². The van der Waals surface area contributed by atoms with Gasteiger partial charge in [-0.3, -0.25) is 0 Å². The summed E-state index contributed by atoms with van der Waals surface area (Å²) < 4.78 is 24.2. The second kappa shape index (κ2) is 9.71. The number of hydrogen-bond donors (Lipinski definition) is 2. The maximum Gasteiger partial charge on any atom is 0.338 e. The highest BCUT2D eigenvalue weighted by Gasteiger charge is 2.31. The van der Waals surface area contributed by atoms with Crippen LogP contribution in [-0.4, -0.2) is 17.7 Å². The van der Waals surface area contributed by atoms with Gasteiger partial charge in [-0.15, -0.1) is 0 Å². The minimum absolute atomic E-state index is 0.247. The lowest BCUT2D eigenvalue weighted by molar-refractivity contribution is -0.140. The fourth-order valence-corrected chi connectivity index (χ4v) is 3.31. The van der Waals surface area contributed by atoms with E-state index in [2.05, 4.69) is 10.6 Å². The first-order valence-electron chi connectivity index (χ1n) is 9.76. The number of halogens is 1. The van der Waals surface area contributed by atoms with Crippen molar-refractivity contribution in [3.63, 3.8) is 0 Å². The number of benzene rings is 2. The van der Waals surface area contributed by atoms with Crippen LogP contribution >= 0.6 is 12.2 Å². The van der Waals surface area contributed by atoms with E-state index < -0.39 is 6.04 Å². The lowest BCUT2D eigenvalue weighted by Gasteiger charge is -2.30. The summed E-state index contributed by atoms with van der Waals surface area (Å²) in [5, 5.41) is 6.60. The fraction of sp³-hybridized carbons (Fsp3) is 0.304. The number of thiocarbonyl (C=S) groups is 1. The van der Waals surface area contributed by atoms with E-state index in [9.17, 15) is 9.18 Å². The number of ether oxygens (including phenoxy) is 2. The minimum atomic E-state index is -0.412. The molecule has 0 amide bonds. The van der Waals surface area contributed by atoms with Crippen molar-refractivity contribution in [2.45, 2.75) is 33.4 Å². The quantitative estimate of drug-likeness (QED) is 0.504. The summed E-state index contributed by atoms with van der Waals surface area (Å²) in [6.07, 6.45) is 0. The van der Waals surface area contributed by atoms with Gasteiger partial charge in [0.15, 0.2) is 5.11 Å². The van der Waals surface area contributed by atoms with Crippen molar-refractivity contribution >= 4 is 23.3 Å². The average molecular weight is 429 g/mol. The lowest BCUT2D eigenvalue weighted by Crippen LogP contribution is -2.45. The minimum Gasteiger partial charge on any atom is -0.489 e. The van der Waals surface area contributed by atoms with Gasteiger partial charge < -0.3 is 20.1 Å². The molecule has 0 aliphatic carbocycles. The third kappa shape index (κ3) is 5.57. The number of hydrogen-bond acceptors (Lipinski definition) is 4. The van der Waals surface area contributed by atoms with E-state index >= 15 is 0 Å². The standard InChI is InChI=1S/C23H25FN2O3S/c1-14(2)12-29-22(27)20-15(3)25-23(30)26-21(20)17-6-10-19(11-7-17)28-13-16-4-8-18(24)9-5-16/h4-11,14,21H,12-13H2,1-3H3,(H2,25,26,30). The first kappa shape index (κ1) is 21.8. The van der Waals surface area contributed by atoms with Gasteiger partial charge in [0.1, 0.15) is 18.2 Å². The number of allylic oxidation sites excluding steroid dienone is 1. The number of carbonyl (C=O) groups is 1. The summed E-state index contributed by atoms with van der Waals surface area (Å²) in [4.78, 5) is 12.7. The molecule has 2 N–H and O–H groups in total. The van der Waals surface area contributed by atoms with Gasteiger partial charge in [-0.2, -0.15) is 0 Å². The molecule has 0 saturated heterocycles. The van der Waals surface area contributed by atoms with Crippen molar-refractivity contribution in [2.24, 2.45) is 5.92 Å². The van der Waals surface area contributed by atoms with Gasteiger partial charge in [0.05, 0.1) is 18.2 Å². The van der Waals surface area contributed by atoms with Crippen LogP contribution in [-0.2, 0) is 16.1 Å². The summed E-state index contributed by atoms with van der Waals surface area (Å²) in [7, 11) is 0. The van der Waals surface area contributed by atoms with E-state index in [4.69, 9.17) is 21.7 Å². The van der Waals surface area contributed by atoms with E-state index in [0.717, 1.165) is 11.1 Å². The molecule has 1 heterocycles. The molecule has 7 heteroatoms. The predicted molar refractivity (Wildman–Crippen MR) is 117 cm³/mol. The third-order valence-electron chi connectivity index (χ3n) is 4.57. The molecule has 0 aromatic heterocycles. The molecule has 158 valence electrons. The first-order chi connectivity index (χ1) is 14.3. The normalized spacial score (nSPS) is 16.2. The molecule has 3 rings (SSSR count). The van der Waals surface area contributed by atoms with Crippen LogP contribution in [0.4, 0.5) is 4.39 Å². The Morgan fingerprint density at radius 3 is 2.43 bits per heavy atom. The van der Waals surface area contributed by atoms with Crippen LogP contribution in [0, 0.1) is 11.7 Å². The highest BCUT2D eigenvalue weighted by Crippen LogP contribution is 2.29. The maximum absolute atomic E-state index is 13.0. The van der Waals surface area contributed by atoms with Gasteiger partial charge in [-0.25, -0.2) is 9.18 Å². The Bertz CT molecular complexity index is 940. The maximum atomic E-state index is 13.0. The molecular weight excluding hydrogens is 403 g/mol. The van der Waals surface area contributed by atoms with Gasteiger partial charge in [0.25, 0.3) is 0 Å². The zero-order valence-electron chi connectivity index (χ0n) is 17.2. The van der Waals surface area contributed by atoms with Crippen LogP contribution in [0.3, 0.4) is 0 Å². The molecule has 1 unspecified atom stereocenters. The molecule has 1 aliphatic heterocycles. The van der Waals surface area contributed by atoms with Crippen LogP contribution in [0.15, 0.2) is 59.8 Å². The monoisotopic (exact) mass is 428 g/mol. The summed E-state index contributed by atoms with van der Waals surface area (Å²) in [6.45, 7) is 6.47. The van der Waals surface area contributed by atoms with Gasteiger partial charge in [-0.05, 0) is 60.5 Å². The fourth-order valence-electron chi connectivity index (χ4n) is 3.04. The number of esters is 1. The van der Waals surface area contributed by atoms with Crippen molar-refractivity contribution < 1.29 is 18.7 Å². The van der Waals surface area contributed by atoms with E-state index in [1.807, 2.05) is 45.0 Å². The van der Waals surface area contributed by atoms with Crippen LogP contribution in [0.1, 0.15) is 37.9 Å². The second-order valence-corrected chi connectivity index (χ2v) is 7.95. The Labute approximate surface area is 181 Å². The third-order valence-corrected chi connectivity index (χ3v) is 4.79. The highest BCUT2D eigenvalue weighted by molar-refractivity contribution is 7.80. The van der Waals surface area contributed by atoms with Crippen LogP contribution in [0.25, 0.3) is 0 Å². The molecule has 2 aromatic carbocycles. The molecule has 1 atom stereocenters. The van der Waals surface area contributed by atoms with Crippen molar-refractivity contribution in [3.05, 3.63) is 76.7 Å². The number of nitrogens with one attached hydrogen (secondary N) is 2. The van der Waals surface area contributed by atoms with Crippen molar-refractivity contribution in [3.8, 4) is 5.75 Å². The Kier molecular flexibility index (Phi) is 7.05. The molecule has 1 aliphatic rings. The lowest BCUT2D eigenvalue weighted by atomic mass is 9.95. The second-order valence-electron chi connectivity index (χ2n) is 7.55. The van der Waals surface area contributed by atoms with E-state index in [1.54, 1.807) is 12.1 Å². The Morgan fingerprint density at radius 1 is 1.13 bits per heavy atom. The zero-order chi connectivity index (χ0) is 21.7. The van der Waals surface area contributed by atoms with Gasteiger partial charge in [0, 0.05) is 5.70 Å². The van der Waals surface area contributed by atoms with Crippen molar-refractivity contribution in [2.75, 3.05) is 6.61 Å². The Hall–Kier alpha value is -2.93. The van der Waals surface area contributed by atoms with Gasteiger partial charge in [-0.1, -0.05) is 38.1 Å². The SMILES string of the molecule is CC1=C(C(=O)OCC(C)C)C(c2ccc(OCc3ccc(F)cc3)cc2)NC(=S)N1. The molecule has 0 bridgehead atoms. The van der Waals surface area contributed by atoms with E-state index in [1.165, 1.54) is 12.1 Å².